The molecule has 1 heterocycles. The molecule has 3 nitrogen and oxygen atoms in total. The van der Waals surface area contributed by atoms with E-state index in [0.29, 0.717) is 12.1 Å². The smallest absolute Gasteiger partial charge is 0.387 e. The molecule has 1 atom stereocenters. The van der Waals surface area contributed by atoms with Crippen molar-refractivity contribution in [3.05, 3.63) is 45.9 Å². The van der Waals surface area contributed by atoms with Gasteiger partial charge < -0.3 is 10.1 Å². The SMILES string of the molecule is CCNC(c1nc(C)cs1)c1ccccc1OC(F)F. The predicted octanol–water partition coefficient (Wildman–Crippen LogP) is 3.75. The number of rotatable bonds is 6. The normalized spacial score (nSPS) is 12.7. The van der Waals surface area contributed by atoms with Crippen LogP contribution in [0.1, 0.15) is 29.2 Å². The lowest BCUT2D eigenvalue weighted by Gasteiger charge is -2.19. The van der Waals surface area contributed by atoms with Crippen LogP contribution in [0.2, 0.25) is 0 Å². The Balaban J connectivity index is 2.38. The monoisotopic (exact) mass is 298 g/mol. The molecule has 0 spiro atoms. The van der Waals surface area contributed by atoms with E-state index >= 15 is 0 Å². The Hall–Kier alpha value is -1.53. The number of hydrogen-bond donors (Lipinski definition) is 1. The third-order valence-electron chi connectivity index (χ3n) is 2.74. The number of aryl methyl sites for hydroxylation is 1. The molecule has 1 N–H and O–H groups in total. The third kappa shape index (κ3) is 3.52. The fraction of sp³-hybridized carbons (Fsp3) is 0.357. The summed E-state index contributed by atoms with van der Waals surface area (Å²) in [6, 6.07) is 6.57. The molecule has 108 valence electrons. The number of nitrogens with one attached hydrogen (secondary N) is 1. The molecule has 0 fully saturated rings. The van der Waals surface area contributed by atoms with Crippen molar-refractivity contribution < 1.29 is 13.5 Å². The van der Waals surface area contributed by atoms with Crippen LogP contribution >= 0.6 is 11.3 Å². The van der Waals surface area contributed by atoms with Gasteiger partial charge in [-0.05, 0) is 19.5 Å². The maximum absolute atomic E-state index is 12.5. The van der Waals surface area contributed by atoms with Crippen LogP contribution in [0.5, 0.6) is 5.75 Å². The van der Waals surface area contributed by atoms with E-state index in [1.165, 1.54) is 11.3 Å². The summed E-state index contributed by atoms with van der Waals surface area (Å²) < 4.78 is 29.6. The van der Waals surface area contributed by atoms with Gasteiger partial charge >= 0.3 is 6.61 Å². The Bertz CT molecular complexity index is 560. The van der Waals surface area contributed by atoms with Gasteiger partial charge in [-0.1, -0.05) is 25.1 Å². The van der Waals surface area contributed by atoms with Crippen LogP contribution in [-0.2, 0) is 0 Å². The van der Waals surface area contributed by atoms with Gasteiger partial charge in [0.25, 0.3) is 0 Å². The van der Waals surface area contributed by atoms with Crippen LogP contribution in [0, 0.1) is 6.92 Å². The molecule has 2 aromatic rings. The number of nitrogens with zero attached hydrogens (tertiary/aromatic N) is 1. The molecular weight excluding hydrogens is 282 g/mol. The third-order valence-corrected chi connectivity index (χ3v) is 3.77. The van der Waals surface area contributed by atoms with Gasteiger partial charge in [-0.2, -0.15) is 8.78 Å². The van der Waals surface area contributed by atoms with E-state index in [1.807, 2.05) is 19.2 Å². The predicted molar refractivity (Wildman–Crippen MR) is 75.4 cm³/mol. The van der Waals surface area contributed by atoms with Gasteiger partial charge in [0.15, 0.2) is 0 Å². The number of para-hydroxylation sites is 1. The fourth-order valence-electron chi connectivity index (χ4n) is 1.96. The molecule has 20 heavy (non-hydrogen) atoms. The average Bonchev–Trinajstić information content (AvgIpc) is 2.83. The standard InChI is InChI=1S/C14H16F2N2OS/c1-3-17-12(13-18-9(2)8-20-13)10-6-4-5-7-11(10)19-14(15)16/h4-8,12,14,17H,3H2,1-2H3. The van der Waals surface area contributed by atoms with Gasteiger partial charge in [-0.15, -0.1) is 11.3 Å². The summed E-state index contributed by atoms with van der Waals surface area (Å²) in [6.45, 7) is 1.73. The number of aromatic nitrogens is 1. The van der Waals surface area contributed by atoms with Crippen LogP contribution in [0.3, 0.4) is 0 Å². The van der Waals surface area contributed by atoms with E-state index in [4.69, 9.17) is 0 Å². The Labute approximate surface area is 120 Å². The molecule has 0 radical (unpaired) electrons. The van der Waals surface area contributed by atoms with E-state index < -0.39 is 6.61 Å². The number of hydrogen-bond acceptors (Lipinski definition) is 4. The lowest BCUT2D eigenvalue weighted by Crippen LogP contribution is -2.23. The van der Waals surface area contributed by atoms with Gasteiger partial charge in [-0.3, -0.25) is 0 Å². The van der Waals surface area contributed by atoms with Crippen molar-refractivity contribution >= 4 is 11.3 Å². The van der Waals surface area contributed by atoms with Gasteiger partial charge in [0.1, 0.15) is 10.8 Å². The van der Waals surface area contributed by atoms with Crippen molar-refractivity contribution in [3.8, 4) is 5.75 Å². The summed E-state index contributed by atoms with van der Waals surface area (Å²) in [7, 11) is 0. The fourth-order valence-corrected chi connectivity index (χ4v) is 2.85. The van der Waals surface area contributed by atoms with Gasteiger partial charge in [0.2, 0.25) is 0 Å². The van der Waals surface area contributed by atoms with Crippen LogP contribution in [0.15, 0.2) is 29.6 Å². The number of ether oxygens (including phenoxy) is 1. The zero-order valence-corrected chi connectivity index (χ0v) is 12.1. The van der Waals surface area contributed by atoms with Crippen molar-refractivity contribution in [1.29, 1.82) is 0 Å². The van der Waals surface area contributed by atoms with Crippen LogP contribution in [0.4, 0.5) is 8.78 Å². The van der Waals surface area contributed by atoms with Gasteiger partial charge in [0.05, 0.1) is 6.04 Å². The molecule has 0 saturated heterocycles. The van der Waals surface area contributed by atoms with Crippen molar-refractivity contribution in [2.75, 3.05) is 6.54 Å². The Morgan fingerprint density at radius 3 is 2.70 bits per heavy atom. The highest BCUT2D eigenvalue weighted by atomic mass is 32.1. The number of halogens is 2. The molecule has 0 saturated carbocycles. The molecule has 0 amide bonds. The van der Waals surface area contributed by atoms with Crippen molar-refractivity contribution in [3.63, 3.8) is 0 Å². The maximum atomic E-state index is 12.5. The van der Waals surface area contributed by atoms with Crippen LogP contribution in [-0.4, -0.2) is 18.1 Å². The second-order valence-corrected chi connectivity index (χ2v) is 5.12. The molecule has 0 aliphatic carbocycles. The zero-order valence-electron chi connectivity index (χ0n) is 11.3. The number of alkyl halides is 2. The lowest BCUT2D eigenvalue weighted by molar-refractivity contribution is -0.0506. The summed E-state index contributed by atoms with van der Waals surface area (Å²) in [5.41, 5.74) is 1.59. The topological polar surface area (TPSA) is 34.2 Å². The van der Waals surface area contributed by atoms with Crippen molar-refractivity contribution in [2.24, 2.45) is 0 Å². The van der Waals surface area contributed by atoms with E-state index in [9.17, 15) is 8.78 Å². The molecule has 0 aliphatic rings. The lowest BCUT2D eigenvalue weighted by atomic mass is 10.1. The number of thiazole rings is 1. The average molecular weight is 298 g/mol. The Kier molecular flexibility index (Phi) is 5.03. The minimum atomic E-state index is -2.84. The summed E-state index contributed by atoms with van der Waals surface area (Å²) in [5, 5.41) is 6.05. The highest BCUT2D eigenvalue weighted by Crippen LogP contribution is 2.32. The summed E-state index contributed by atoms with van der Waals surface area (Å²) in [5.74, 6) is 0.182. The first kappa shape index (κ1) is 14.9. The van der Waals surface area contributed by atoms with Crippen LogP contribution < -0.4 is 10.1 Å². The first-order valence-electron chi connectivity index (χ1n) is 6.31. The minimum Gasteiger partial charge on any atom is -0.434 e. The highest BCUT2D eigenvalue weighted by molar-refractivity contribution is 7.09. The van der Waals surface area contributed by atoms with Crippen molar-refractivity contribution in [1.82, 2.24) is 10.3 Å². The highest BCUT2D eigenvalue weighted by Gasteiger charge is 2.21. The first-order chi connectivity index (χ1) is 9.61. The first-order valence-corrected chi connectivity index (χ1v) is 7.19. The van der Waals surface area contributed by atoms with E-state index in [-0.39, 0.29) is 11.8 Å². The summed E-state index contributed by atoms with van der Waals surface area (Å²) >= 11 is 1.50. The van der Waals surface area contributed by atoms with Crippen molar-refractivity contribution in [2.45, 2.75) is 26.5 Å². The molecule has 1 aromatic carbocycles. The van der Waals surface area contributed by atoms with E-state index in [0.717, 1.165) is 10.7 Å². The van der Waals surface area contributed by atoms with Crippen LogP contribution in [0.25, 0.3) is 0 Å². The van der Waals surface area contributed by atoms with E-state index in [2.05, 4.69) is 15.0 Å². The molecule has 6 heteroatoms. The quantitative estimate of drug-likeness (QED) is 0.882. The summed E-state index contributed by atoms with van der Waals surface area (Å²) in [6.07, 6.45) is 0. The van der Waals surface area contributed by atoms with Gasteiger partial charge in [0, 0.05) is 16.6 Å². The number of benzene rings is 1. The summed E-state index contributed by atoms with van der Waals surface area (Å²) in [4.78, 5) is 4.44. The molecule has 1 unspecified atom stereocenters. The largest absolute Gasteiger partial charge is 0.434 e. The minimum absolute atomic E-state index is 0.182. The molecule has 2 rings (SSSR count). The second kappa shape index (κ2) is 6.76. The van der Waals surface area contributed by atoms with E-state index in [1.54, 1.807) is 24.3 Å². The Morgan fingerprint density at radius 2 is 2.10 bits per heavy atom. The Morgan fingerprint density at radius 1 is 1.35 bits per heavy atom. The second-order valence-electron chi connectivity index (χ2n) is 4.23. The zero-order chi connectivity index (χ0) is 14.5. The molecule has 1 aromatic heterocycles. The maximum Gasteiger partial charge on any atom is 0.387 e. The molecule has 0 bridgehead atoms. The van der Waals surface area contributed by atoms with Gasteiger partial charge in [-0.25, -0.2) is 4.98 Å². The molecule has 0 aliphatic heterocycles. The molecular formula is C14H16F2N2OS.